The Morgan fingerprint density at radius 1 is 1.47 bits per heavy atom. The SMILES string of the molecule is CCS(=O)CCNCCCn1ccnc1. The van der Waals surface area contributed by atoms with Gasteiger partial charge in [0.25, 0.3) is 0 Å². The van der Waals surface area contributed by atoms with E-state index in [1.54, 1.807) is 6.20 Å². The van der Waals surface area contributed by atoms with Gasteiger partial charge in [0.2, 0.25) is 0 Å². The van der Waals surface area contributed by atoms with E-state index in [-0.39, 0.29) is 0 Å². The first kappa shape index (κ1) is 12.4. The van der Waals surface area contributed by atoms with Crippen LogP contribution in [0.2, 0.25) is 0 Å². The minimum Gasteiger partial charge on any atom is -0.337 e. The standard InChI is InChI=1S/C10H19N3OS/c1-2-15(14)9-6-11-4-3-7-13-8-5-12-10-13/h5,8,10-11H,2-4,6-7,9H2,1H3. The largest absolute Gasteiger partial charge is 0.337 e. The van der Waals surface area contributed by atoms with Crippen molar-refractivity contribution >= 4 is 10.8 Å². The van der Waals surface area contributed by atoms with Crippen molar-refractivity contribution < 1.29 is 4.21 Å². The highest BCUT2D eigenvalue weighted by atomic mass is 32.2. The molecule has 1 atom stereocenters. The first-order chi connectivity index (χ1) is 7.33. The third-order valence-corrected chi connectivity index (χ3v) is 3.46. The normalized spacial score (nSPS) is 12.9. The zero-order valence-corrected chi connectivity index (χ0v) is 10.0. The lowest BCUT2D eigenvalue weighted by Crippen LogP contribution is -2.22. The van der Waals surface area contributed by atoms with Crippen LogP contribution in [0.5, 0.6) is 0 Å². The van der Waals surface area contributed by atoms with Crippen molar-refractivity contribution in [3.05, 3.63) is 18.7 Å². The highest BCUT2D eigenvalue weighted by molar-refractivity contribution is 7.84. The summed E-state index contributed by atoms with van der Waals surface area (Å²) in [7, 11) is -0.640. The molecule has 1 unspecified atom stereocenters. The van der Waals surface area contributed by atoms with Crippen LogP contribution in [0.25, 0.3) is 0 Å². The summed E-state index contributed by atoms with van der Waals surface area (Å²) in [4.78, 5) is 3.97. The Hall–Kier alpha value is -0.680. The fraction of sp³-hybridized carbons (Fsp3) is 0.700. The summed E-state index contributed by atoms with van der Waals surface area (Å²) < 4.78 is 13.2. The third kappa shape index (κ3) is 5.69. The zero-order chi connectivity index (χ0) is 10.9. The van der Waals surface area contributed by atoms with E-state index >= 15 is 0 Å². The second kappa shape index (κ2) is 7.59. The van der Waals surface area contributed by atoms with E-state index in [9.17, 15) is 4.21 Å². The molecule has 0 saturated carbocycles. The molecule has 0 fully saturated rings. The summed E-state index contributed by atoms with van der Waals surface area (Å²) in [6.45, 7) is 4.77. The van der Waals surface area contributed by atoms with Crippen LogP contribution in [-0.4, -0.2) is 38.4 Å². The van der Waals surface area contributed by atoms with Crippen LogP contribution in [0.4, 0.5) is 0 Å². The summed E-state index contributed by atoms with van der Waals surface area (Å²) >= 11 is 0. The summed E-state index contributed by atoms with van der Waals surface area (Å²) in [5, 5.41) is 3.29. The molecular formula is C10H19N3OS. The molecule has 0 aliphatic heterocycles. The second-order valence-corrected chi connectivity index (χ2v) is 5.20. The van der Waals surface area contributed by atoms with E-state index in [0.717, 1.165) is 37.6 Å². The average Bonchev–Trinajstić information content (AvgIpc) is 2.75. The summed E-state index contributed by atoms with van der Waals surface area (Å²) in [6.07, 6.45) is 6.66. The van der Waals surface area contributed by atoms with Gasteiger partial charge in [-0.1, -0.05) is 6.92 Å². The number of aromatic nitrogens is 2. The van der Waals surface area contributed by atoms with E-state index in [0.29, 0.717) is 0 Å². The van der Waals surface area contributed by atoms with E-state index in [1.165, 1.54) is 0 Å². The maximum atomic E-state index is 11.1. The Bertz CT molecular complexity index is 274. The van der Waals surface area contributed by atoms with Gasteiger partial charge in [0.1, 0.15) is 0 Å². The maximum absolute atomic E-state index is 11.1. The lowest BCUT2D eigenvalue weighted by atomic mass is 10.4. The molecule has 15 heavy (non-hydrogen) atoms. The van der Waals surface area contributed by atoms with Gasteiger partial charge < -0.3 is 9.88 Å². The van der Waals surface area contributed by atoms with Gasteiger partial charge in [0, 0.05) is 47.8 Å². The molecule has 0 aliphatic carbocycles. The summed E-state index contributed by atoms with van der Waals surface area (Å²) in [5.74, 6) is 1.53. The van der Waals surface area contributed by atoms with Gasteiger partial charge in [0.05, 0.1) is 6.33 Å². The molecule has 1 heterocycles. The van der Waals surface area contributed by atoms with Gasteiger partial charge >= 0.3 is 0 Å². The van der Waals surface area contributed by atoms with Crippen LogP contribution < -0.4 is 5.32 Å². The number of nitrogens with zero attached hydrogens (tertiary/aromatic N) is 2. The molecule has 0 saturated heterocycles. The molecule has 0 aromatic carbocycles. The highest BCUT2D eigenvalue weighted by Crippen LogP contribution is 1.88. The van der Waals surface area contributed by atoms with Crippen molar-refractivity contribution in [3.63, 3.8) is 0 Å². The molecule has 0 amide bonds. The number of hydrogen-bond acceptors (Lipinski definition) is 3. The molecule has 0 aliphatic rings. The van der Waals surface area contributed by atoms with Gasteiger partial charge in [-0.3, -0.25) is 4.21 Å². The third-order valence-electron chi connectivity index (χ3n) is 2.16. The van der Waals surface area contributed by atoms with E-state index in [4.69, 9.17) is 0 Å². The van der Waals surface area contributed by atoms with E-state index < -0.39 is 10.8 Å². The molecule has 1 N–H and O–H groups in total. The van der Waals surface area contributed by atoms with Gasteiger partial charge in [-0.05, 0) is 13.0 Å². The lowest BCUT2D eigenvalue weighted by Gasteiger charge is -2.04. The molecule has 0 radical (unpaired) electrons. The average molecular weight is 229 g/mol. The zero-order valence-electron chi connectivity index (χ0n) is 9.19. The molecule has 1 aromatic rings. The Morgan fingerprint density at radius 2 is 2.33 bits per heavy atom. The fourth-order valence-electron chi connectivity index (χ4n) is 1.26. The lowest BCUT2D eigenvalue weighted by molar-refractivity contribution is 0.591. The fourth-order valence-corrected chi connectivity index (χ4v) is 1.92. The second-order valence-electron chi connectivity index (χ2n) is 3.34. The number of aryl methyl sites for hydroxylation is 1. The highest BCUT2D eigenvalue weighted by Gasteiger charge is 1.95. The van der Waals surface area contributed by atoms with Crippen molar-refractivity contribution in [1.29, 1.82) is 0 Å². The molecule has 5 heteroatoms. The summed E-state index contributed by atoms with van der Waals surface area (Å²) in [5.41, 5.74) is 0. The minimum atomic E-state index is -0.640. The van der Waals surface area contributed by atoms with Crippen LogP contribution in [0, 0.1) is 0 Å². The maximum Gasteiger partial charge on any atom is 0.0945 e. The number of rotatable bonds is 8. The number of imidazole rings is 1. The molecule has 0 bridgehead atoms. The van der Waals surface area contributed by atoms with Gasteiger partial charge in [0.15, 0.2) is 0 Å². The van der Waals surface area contributed by atoms with Gasteiger partial charge in [-0.15, -0.1) is 0 Å². The Balaban J connectivity index is 1.91. The van der Waals surface area contributed by atoms with Crippen LogP contribution in [-0.2, 0) is 17.3 Å². The smallest absolute Gasteiger partial charge is 0.0945 e. The van der Waals surface area contributed by atoms with Crippen LogP contribution in [0.1, 0.15) is 13.3 Å². The molecule has 4 nitrogen and oxygen atoms in total. The number of nitrogens with one attached hydrogen (secondary N) is 1. The van der Waals surface area contributed by atoms with Crippen molar-refractivity contribution in [2.75, 3.05) is 24.6 Å². The topological polar surface area (TPSA) is 46.9 Å². The van der Waals surface area contributed by atoms with Crippen molar-refractivity contribution in [3.8, 4) is 0 Å². The first-order valence-electron chi connectivity index (χ1n) is 5.34. The molecular weight excluding hydrogens is 210 g/mol. The predicted molar refractivity (Wildman–Crippen MR) is 63.3 cm³/mol. The van der Waals surface area contributed by atoms with Gasteiger partial charge in [-0.2, -0.15) is 0 Å². The van der Waals surface area contributed by atoms with Crippen LogP contribution in [0.15, 0.2) is 18.7 Å². The number of hydrogen-bond donors (Lipinski definition) is 1. The monoisotopic (exact) mass is 229 g/mol. The Labute approximate surface area is 93.5 Å². The molecule has 86 valence electrons. The van der Waals surface area contributed by atoms with Gasteiger partial charge in [-0.25, -0.2) is 4.98 Å². The quantitative estimate of drug-likeness (QED) is 0.665. The molecule has 0 spiro atoms. The van der Waals surface area contributed by atoms with Crippen LogP contribution >= 0.6 is 0 Å². The molecule has 1 rings (SSSR count). The van der Waals surface area contributed by atoms with Crippen molar-refractivity contribution in [2.45, 2.75) is 19.9 Å². The van der Waals surface area contributed by atoms with Crippen molar-refractivity contribution in [2.24, 2.45) is 0 Å². The Kier molecular flexibility index (Phi) is 6.27. The van der Waals surface area contributed by atoms with Crippen molar-refractivity contribution in [1.82, 2.24) is 14.9 Å². The molecule has 1 aromatic heterocycles. The first-order valence-corrected chi connectivity index (χ1v) is 6.83. The summed E-state index contributed by atoms with van der Waals surface area (Å²) in [6, 6.07) is 0. The van der Waals surface area contributed by atoms with E-state index in [1.807, 2.05) is 19.4 Å². The Morgan fingerprint density at radius 3 is 3.00 bits per heavy atom. The van der Waals surface area contributed by atoms with Crippen LogP contribution in [0.3, 0.4) is 0 Å². The predicted octanol–water partition coefficient (Wildman–Crippen LogP) is 0.631. The van der Waals surface area contributed by atoms with E-state index in [2.05, 4.69) is 14.9 Å². The minimum absolute atomic E-state index is 0.640.